The molecule has 0 aromatic heterocycles. The number of allylic oxidation sites excluding steroid dienone is 2. The zero-order chi connectivity index (χ0) is 45.8. The van der Waals surface area contributed by atoms with Crippen LogP contribution in [0.1, 0.15) is 316 Å². The number of carbonyl (C=O) groups excluding carboxylic acids is 2. The van der Waals surface area contributed by atoms with Crippen LogP contribution in [-0.4, -0.2) is 47.4 Å². The van der Waals surface area contributed by atoms with Crippen molar-refractivity contribution in [1.29, 1.82) is 0 Å². The molecule has 0 bridgehead atoms. The standard InChI is InChI=1S/C57H111NO5/c1-3-5-7-9-11-13-15-17-19-21-22-23-25-26-28-30-33-37-41-45-49-55(60)54(53-59)58-56(61)50-46-42-38-34-32-36-40-44-48-52-63-57(62)51-47-43-39-35-31-29-27-24-20-18-16-14-12-10-8-6-4-2/h18,20,54-55,59-60H,3-17,19,21-53H2,1-2H3,(H,58,61)/b20-18-. The number of rotatable bonds is 53. The number of aliphatic hydroxyl groups is 2. The van der Waals surface area contributed by atoms with Gasteiger partial charge in [-0.05, 0) is 51.4 Å². The lowest BCUT2D eigenvalue weighted by molar-refractivity contribution is -0.143. The van der Waals surface area contributed by atoms with Crippen molar-refractivity contribution in [2.45, 2.75) is 328 Å². The first-order valence-electron chi connectivity index (χ1n) is 28.4. The molecule has 0 spiro atoms. The van der Waals surface area contributed by atoms with Crippen molar-refractivity contribution in [3.8, 4) is 0 Å². The van der Waals surface area contributed by atoms with Crippen molar-refractivity contribution in [3.63, 3.8) is 0 Å². The van der Waals surface area contributed by atoms with E-state index in [2.05, 4.69) is 31.3 Å². The fraction of sp³-hybridized carbons (Fsp3) is 0.930. The number of esters is 1. The number of nitrogens with one attached hydrogen (secondary N) is 1. The Morgan fingerprint density at radius 3 is 1.13 bits per heavy atom. The largest absolute Gasteiger partial charge is 0.466 e. The summed E-state index contributed by atoms with van der Waals surface area (Å²) in [5.74, 6) is -0.0867. The van der Waals surface area contributed by atoms with Crippen molar-refractivity contribution in [1.82, 2.24) is 5.32 Å². The molecule has 0 rings (SSSR count). The molecule has 0 saturated heterocycles. The molecule has 3 N–H and O–H groups in total. The summed E-state index contributed by atoms with van der Waals surface area (Å²) in [7, 11) is 0. The molecule has 63 heavy (non-hydrogen) atoms. The summed E-state index contributed by atoms with van der Waals surface area (Å²) in [5.41, 5.74) is 0. The van der Waals surface area contributed by atoms with E-state index in [1.807, 2.05) is 0 Å². The third-order valence-electron chi connectivity index (χ3n) is 13.3. The molecule has 0 aliphatic rings. The van der Waals surface area contributed by atoms with Crippen LogP contribution in [0.2, 0.25) is 0 Å². The molecule has 0 aliphatic carbocycles. The van der Waals surface area contributed by atoms with Gasteiger partial charge in [0, 0.05) is 12.8 Å². The monoisotopic (exact) mass is 890 g/mol. The van der Waals surface area contributed by atoms with Crippen LogP contribution in [0.3, 0.4) is 0 Å². The van der Waals surface area contributed by atoms with Gasteiger partial charge in [0.2, 0.25) is 5.91 Å². The van der Waals surface area contributed by atoms with Crippen molar-refractivity contribution >= 4 is 11.9 Å². The minimum atomic E-state index is -0.682. The molecule has 0 aromatic carbocycles. The van der Waals surface area contributed by atoms with Gasteiger partial charge in [-0.25, -0.2) is 0 Å². The van der Waals surface area contributed by atoms with Gasteiger partial charge in [0.1, 0.15) is 0 Å². The molecule has 0 heterocycles. The van der Waals surface area contributed by atoms with Crippen molar-refractivity contribution in [2.75, 3.05) is 13.2 Å². The van der Waals surface area contributed by atoms with Gasteiger partial charge < -0.3 is 20.3 Å². The number of amides is 1. The van der Waals surface area contributed by atoms with Crippen LogP contribution in [0.4, 0.5) is 0 Å². The van der Waals surface area contributed by atoms with Gasteiger partial charge in [-0.1, -0.05) is 264 Å². The molecule has 6 heteroatoms. The minimum Gasteiger partial charge on any atom is -0.466 e. The molecule has 0 aliphatic heterocycles. The Balaban J connectivity index is 3.47. The van der Waals surface area contributed by atoms with E-state index in [4.69, 9.17) is 4.74 Å². The lowest BCUT2D eigenvalue weighted by atomic mass is 10.0. The Morgan fingerprint density at radius 2 is 0.746 bits per heavy atom. The molecule has 1 amide bonds. The average Bonchev–Trinajstić information content (AvgIpc) is 3.28. The van der Waals surface area contributed by atoms with Crippen molar-refractivity contribution < 1.29 is 24.5 Å². The molecular weight excluding hydrogens is 779 g/mol. The van der Waals surface area contributed by atoms with Crippen LogP contribution in [0.25, 0.3) is 0 Å². The molecule has 2 unspecified atom stereocenters. The van der Waals surface area contributed by atoms with E-state index in [-0.39, 0.29) is 18.5 Å². The molecule has 2 atom stereocenters. The Kier molecular flexibility index (Phi) is 52.0. The van der Waals surface area contributed by atoms with E-state index < -0.39 is 12.1 Å². The Labute approximate surface area is 393 Å². The SMILES string of the molecule is CCCCCCCC/C=C\CCCCCCCCCC(=O)OCCCCCCCCCCCC(=O)NC(CO)C(O)CCCCCCCCCCCCCCCCCCCCCC. The second-order valence-corrected chi connectivity index (χ2v) is 19.6. The van der Waals surface area contributed by atoms with Crippen molar-refractivity contribution in [2.24, 2.45) is 0 Å². The zero-order valence-electron chi connectivity index (χ0n) is 42.6. The lowest BCUT2D eigenvalue weighted by Crippen LogP contribution is -2.45. The van der Waals surface area contributed by atoms with Crippen LogP contribution in [0.15, 0.2) is 12.2 Å². The van der Waals surface area contributed by atoms with Gasteiger partial charge in [0.25, 0.3) is 0 Å². The van der Waals surface area contributed by atoms with E-state index in [0.29, 0.717) is 25.9 Å². The number of hydrogen-bond acceptors (Lipinski definition) is 5. The molecular formula is C57H111NO5. The zero-order valence-corrected chi connectivity index (χ0v) is 42.6. The van der Waals surface area contributed by atoms with E-state index in [0.717, 1.165) is 57.8 Å². The van der Waals surface area contributed by atoms with Gasteiger partial charge in [0.05, 0.1) is 25.4 Å². The molecule has 0 saturated carbocycles. The molecule has 0 fully saturated rings. The van der Waals surface area contributed by atoms with Gasteiger partial charge in [0.15, 0.2) is 0 Å². The van der Waals surface area contributed by atoms with Gasteiger partial charge in [-0.3, -0.25) is 9.59 Å². The summed E-state index contributed by atoms with van der Waals surface area (Å²) in [6, 6.07) is -0.562. The maximum atomic E-state index is 12.5. The Hall–Kier alpha value is -1.40. The first-order valence-corrected chi connectivity index (χ1v) is 28.4. The van der Waals surface area contributed by atoms with Gasteiger partial charge in [-0.2, -0.15) is 0 Å². The van der Waals surface area contributed by atoms with E-state index in [9.17, 15) is 19.8 Å². The highest BCUT2D eigenvalue weighted by atomic mass is 16.5. The highest BCUT2D eigenvalue weighted by molar-refractivity contribution is 5.76. The van der Waals surface area contributed by atoms with Crippen LogP contribution >= 0.6 is 0 Å². The first-order chi connectivity index (χ1) is 31.0. The summed E-state index contributed by atoms with van der Waals surface area (Å²) in [5, 5.41) is 23.3. The number of carbonyl (C=O) groups is 2. The Morgan fingerprint density at radius 1 is 0.429 bits per heavy atom. The number of aliphatic hydroxyl groups excluding tert-OH is 2. The van der Waals surface area contributed by atoms with Gasteiger partial charge in [-0.15, -0.1) is 0 Å². The smallest absolute Gasteiger partial charge is 0.305 e. The maximum Gasteiger partial charge on any atom is 0.305 e. The third-order valence-corrected chi connectivity index (χ3v) is 13.3. The summed E-state index contributed by atoms with van der Waals surface area (Å²) < 4.78 is 5.46. The number of unbranched alkanes of at least 4 members (excludes halogenated alkanes) is 40. The second kappa shape index (κ2) is 53.2. The van der Waals surface area contributed by atoms with E-state index in [1.165, 1.54) is 225 Å². The van der Waals surface area contributed by atoms with Crippen molar-refractivity contribution in [3.05, 3.63) is 12.2 Å². The fourth-order valence-electron chi connectivity index (χ4n) is 8.93. The summed E-state index contributed by atoms with van der Waals surface area (Å²) >= 11 is 0. The topological polar surface area (TPSA) is 95.9 Å². The van der Waals surface area contributed by atoms with Crippen LogP contribution < -0.4 is 5.32 Å². The van der Waals surface area contributed by atoms with E-state index in [1.54, 1.807) is 0 Å². The third kappa shape index (κ3) is 49.9. The molecule has 374 valence electrons. The lowest BCUT2D eigenvalue weighted by Gasteiger charge is -2.22. The molecule has 0 radical (unpaired) electrons. The summed E-state index contributed by atoms with van der Waals surface area (Å²) in [6.45, 7) is 4.91. The van der Waals surface area contributed by atoms with Crippen LogP contribution in [-0.2, 0) is 14.3 Å². The average molecular weight is 891 g/mol. The minimum absolute atomic E-state index is 0.0272. The van der Waals surface area contributed by atoms with Crippen LogP contribution in [0.5, 0.6) is 0 Å². The Bertz CT molecular complexity index is 939. The number of hydrogen-bond donors (Lipinski definition) is 3. The predicted octanol–water partition coefficient (Wildman–Crippen LogP) is 17.3. The molecule has 6 nitrogen and oxygen atoms in total. The first kappa shape index (κ1) is 61.6. The summed E-state index contributed by atoms with van der Waals surface area (Å²) in [6.07, 6.45) is 61.9. The highest BCUT2D eigenvalue weighted by Gasteiger charge is 2.20. The second-order valence-electron chi connectivity index (χ2n) is 19.6. The predicted molar refractivity (Wildman–Crippen MR) is 273 cm³/mol. The summed E-state index contributed by atoms with van der Waals surface area (Å²) in [4.78, 5) is 24.6. The molecule has 0 aromatic rings. The normalized spacial score (nSPS) is 12.6. The van der Waals surface area contributed by atoms with Gasteiger partial charge >= 0.3 is 5.97 Å². The van der Waals surface area contributed by atoms with E-state index >= 15 is 0 Å². The quantitative estimate of drug-likeness (QED) is 0.0321. The van der Waals surface area contributed by atoms with Crippen LogP contribution in [0, 0.1) is 0 Å². The fourth-order valence-corrected chi connectivity index (χ4v) is 8.93. The maximum absolute atomic E-state index is 12.5. The highest BCUT2D eigenvalue weighted by Crippen LogP contribution is 2.17. The number of ether oxygens (including phenoxy) is 1.